The SMILES string of the molecule is CCCOc1ccccc1C(NCC)c1cc(C)oc1C. The first-order valence-electron chi connectivity index (χ1n) is 7.69. The third kappa shape index (κ3) is 3.67. The number of nitrogens with one attached hydrogen (secondary N) is 1. The van der Waals surface area contributed by atoms with Gasteiger partial charge in [-0.1, -0.05) is 32.0 Å². The zero-order valence-electron chi connectivity index (χ0n) is 13.4. The molecule has 0 radical (unpaired) electrons. The Morgan fingerprint density at radius 2 is 1.90 bits per heavy atom. The maximum Gasteiger partial charge on any atom is 0.124 e. The van der Waals surface area contributed by atoms with Crippen LogP contribution >= 0.6 is 0 Å². The van der Waals surface area contributed by atoms with Crippen molar-refractivity contribution < 1.29 is 9.15 Å². The molecule has 1 aromatic heterocycles. The summed E-state index contributed by atoms with van der Waals surface area (Å²) in [6.07, 6.45) is 1.00. The number of hydrogen-bond donors (Lipinski definition) is 1. The van der Waals surface area contributed by atoms with Gasteiger partial charge in [-0.25, -0.2) is 0 Å². The van der Waals surface area contributed by atoms with E-state index >= 15 is 0 Å². The molecule has 1 atom stereocenters. The quantitative estimate of drug-likeness (QED) is 0.820. The van der Waals surface area contributed by atoms with Crippen molar-refractivity contribution in [2.45, 2.75) is 40.2 Å². The van der Waals surface area contributed by atoms with Gasteiger partial charge in [0.1, 0.15) is 17.3 Å². The molecular weight excluding hydrogens is 262 g/mol. The molecule has 0 spiro atoms. The van der Waals surface area contributed by atoms with Crippen LogP contribution in [0.2, 0.25) is 0 Å². The van der Waals surface area contributed by atoms with Crippen LogP contribution in [-0.2, 0) is 0 Å². The molecule has 0 bridgehead atoms. The molecule has 21 heavy (non-hydrogen) atoms. The Hall–Kier alpha value is -1.74. The number of hydrogen-bond acceptors (Lipinski definition) is 3. The summed E-state index contributed by atoms with van der Waals surface area (Å²) >= 11 is 0. The van der Waals surface area contributed by atoms with E-state index in [1.165, 1.54) is 5.56 Å². The Bertz CT molecular complexity index is 574. The predicted molar refractivity (Wildman–Crippen MR) is 85.9 cm³/mol. The summed E-state index contributed by atoms with van der Waals surface area (Å²) < 4.78 is 11.6. The molecule has 2 rings (SSSR count). The van der Waals surface area contributed by atoms with Crippen molar-refractivity contribution in [3.05, 3.63) is 53.0 Å². The lowest BCUT2D eigenvalue weighted by molar-refractivity contribution is 0.311. The fourth-order valence-electron chi connectivity index (χ4n) is 2.59. The van der Waals surface area contributed by atoms with Crippen molar-refractivity contribution in [3.8, 4) is 5.75 Å². The van der Waals surface area contributed by atoms with Crippen molar-refractivity contribution in [2.75, 3.05) is 13.2 Å². The fourth-order valence-corrected chi connectivity index (χ4v) is 2.59. The zero-order chi connectivity index (χ0) is 15.2. The van der Waals surface area contributed by atoms with Crippen LogP contribution < -0.4 is 10.1 Å². The van der Waals surface area contributed by atoms with E-state index in [9.17, 15) is 0 Å². The maximum atomic E-state index is 5.91. The Labute approximate surface area is 127 Å². The number of furan rings is 1. The lowest BCUT2D eigenvalue weighted by atomic mass is 9.98. The minimum atomic E-state index is 0.0977. The first-order chi connectivity index (χ1) is 10.2. The number of para-hydroxylation sites is 1. The van der Waals surface area contributed by atoms with Crippen molar-refractivity contribution in [3.63, 3.8) is 0 Å². The molecule has 0 saturated carbocycles. The second-order valence-corrected chi connectivity index (χ2v) is 5.25. The monoisotopic (exact) mass is 287 g/mol. The van der Waals surface area contributed by atoms with E-state index in [1.54, 1.807) is 0 Å². The average Bonchev–Trinajstić information content (AvgIpc) is 2.81. The largest absolute Gasteiger partial charge is 0.493 e. The minimum absolute atomic E-state index is 0.0977. The summed E-state index contributed by atoms with van der Waals surface area (Å²) in [5.41, 5.74) is 2.35. The van der Waals surface area contributed by atoms with Crippen molar-refractivity contribution >= 4 is 0 Å². The molecule has 0 saturated heterocycles. The van der Waals surface area contributed by atoms with E-state index in [0.717, 1.165) is 42.4 Å². The van der Waals surface area contributed by atoms with Gasteiger partial charge < -0.3 is 14.5 Å². The molecule has 0 aliphatic rings. The van der Waals surface area contributed by atoms with Gasteiger partial charge in [-0.3, -0.25) is 0 Å². The molecule has 1 unspecified atom stereocenters. The van der Waals surface area contributed by atoms with Gasteiger partial charge in [0.25, 0.3) is 0 Å². The van der Waals surface area contributed by atoms with Crippen LogP contribution in [0.1, 0.15) is 49.0 Å². The van der Waals surface area contributed by atoms with Crippen molar-refractivity contribution in [2.24, 2.45) is 0 Å². The summed E-state index contributed by atoms with van der Waals surface area (Å²) in [6.45, 7) is 9.86. The summed E-state index contributed by atoms with van der Waals surface area (Å²) in [5.74, 6) is 2.85. The van der Waals surface area contributed by atoms with E-state index in [4.69, 9.17) is 9.15 Å². The van der Waals surface area contributed by atoms with Crippen molar-refractivity contribution in [1.29, 1.82) is 0 Å². The van der Waals surface area contributed by atoms with Gasteiger partial charge in [0, 0.05) is 11.1 Å². The first kappa shape index (κ1) is 15.6. The highest BCUT2D eigenvalue weighted by atomic mass is 16.5. The van der Waals surface area contributed by atoms with Crippen LogP contribution in [0.3, 0.4) is 0 Å². The summed E-state index contributed by atoms with van der Waals surface area (Å²) in [7, 11) is 0. The zero-order valence-corrected chi connectivity index (χ0v) is 13.4. The Morgan fingerprint density at radius 1 is 1.14 bits per heavy atom. The number of ether oxygens (including phenoxy) is 1. The number of aryl methyl sites for hydroxylation is 2. The smallest absolute Gasteiger partial charge is 0.124 e. The van der Waals surface area contributed by atoms with Gasteiger partial charge in [-0.2, -0.15) is 0 Å². The van der Waals surface area contributed by atoms with Gasteiger partial charge >= 0.3 is 0 Å². The highest BCUT2D eigenvalue weighted by Gasteiger charge is 2.21. The molecular formula is C18H25NO2. The van der Waals surface area contributed by atoms with Gasteiger partial charge in [-0.05, 0) is 38.9 Å². The van der Waals surface area contributed by atoms with Crippen LogP contribution in [0.4, 0.5) is 0 Å². The minimum Gasteiger partial charge on any atom is -0.493 e. The van der Waals surface area contributed by atoms with Gasteiger partial charge in [0.15, 0.2) is 0 Å². The Kier molecular flexibility index (Phi) is 5.45. The highest BCUT2D eigenvalue weighted by Crippen LogP contribution is 2.33. The maximum absolute atomic E-state index is 5.91. The molecule has 1 aromatic carbocycles. The van der Waals surface area contributed by atoms with E-state index in [0.29, 0.717) is 0 Å². The lowest BCUT2D eigenvalue weighted by Crippen LogP contribution is -2.23. The molecule has 0 aliphatic carbocycles. The summed E-state index contributed by atoms with van der Waals surface area (Å²) in [6, 6.07) is 10.4. The second kappa shape index (κ2) is 7.32. The first-order valence-corrected chi connectivity index (χ1v) is 7.69. The molecule has 1 heterocycles. The summed E-state index contributed by atoms with van der Waals surface area (Å²) in [4.78, 5) is 0. The number of benzene rings is 1. The van der Waals surface area contributed by atoms with Crippen LogP contribution in [0.15, 0.2) is 34.7 Å². The van der Waals surface area contributed by atoms with Crippen LogP contribution in [0.25, 0.3) is 0 Å². The summed E-state index contributed by atoms with van der Waals surface area (Å²) in [5, 5.41) is 3.55. The van der Waals surface area contributed by atoms with Crippen LogP contribution in [0, 0.1) is 13.8 Å². The third-order valence-electron chi connectivity index (χ3n) is 3.49. The fraction of sp³-hybridized carbons (Fsp3) is 0.444. The third-order valence-corrected chi connectivity index (χ3v) is 3.49. The molecule has 1 N–H and O–H groups in total. The normalized spacial score (nSPS) is 12.4. The highest BCUT2D eigenvalue weighted by molar-refractivity contribution is 5.42. The molecule has 2 aromatic rings. The van der Waals surface area contributed by atoms with Gasteiger partial charge in [0.2, 0.25) is 0 Å². The van der Waals surface area contributed by atoms with Gasteiger partial charge in [0.05, 0.1) is 12.6 Å². The molecule has 114 valence electrons. The van der Waals surface area contributed by atoms with Crippen LogP contribution in [-0.4, -0.2) is 13.2 Å². The lowest BCUT2D eigenvalue weighted by Gasteiger charge is -2.21. The average molecular weight is 287 g/mol. The molecule has 3 heteroatoms. The van der Waals surface area contributed by atoms with Crippen molar-refractivity contribution in [1.82, 2.24) is 5.32 Å². The molecule has 0 amide bonds. The Morgan fingerprint density at radius 3 is 2.52 bits per heavy atom. The molecule has 0 fully saturated rings. The Balaban J connectivity index is 2.40. The topological polar surface area (TPSA) is 34.4 Å². The van der Waals surface area contributed by atoms with E-state index in [2.05, 4.69) is 37.4 Å². The van der Waals surface area contributed by atoms with Gasteiger partial charge in [-0.15, -0.1) is 0 Å². The molecule has 0 aliphatic heterocycles. The molecule has 3 nitrogen and oxygen atoms in total. The standard InChI is InChI=1S/C18H25NO2/c1-5-11-20-17-10-8-7-9-15(17)18(19-6-2)16-12-13(3)21-14(16)4/h7-10,12,18-19H,5-6,11H2,1-4H3. The predicted octanol–water partition coefficient (Wildman–Crippen LogP) is 4.38. The van der Waals surface area contributed by atoms with Crippen LogP contribution in [0.5, 0.6) is 5.75 Å². The number of rotatable bonds is 7. The van der Waals surface area contributed by atoms with E-state index in [1.807, 2.05) is 26.0 Å². The van der Waals surface area contributed by atoms with E-state index < -0.39 is 0 Å². The van der Waals surface area contributed by atoms with E-state index in [-0.39, 0.29) is 6.04 Å². The second-order valence-electron chi connectivity index (χ2n) is 5.25.